The Hall–Kier alpha value is -2.83. The highest BCUT2D eigenvalue weighted by molar-refractivity contribution is 5.61. The van der Waals surface area contributed by atoms with Crippen LogP contribution in [0.15, 0.2) is 42.5 Å². The second kappa shape index (κ2) is 7.26. The zero-order valence-corrected chi connectivity index (χ0v) is 11.9. The Morgan fingerprint density at radius 2 is 1.95 bits per heavy atom. The number of nitro benzene ring substituents is 1. The summed E-state index contributed by atoms with van der Waals surface area (Å²) < 4.78 is 23.7. The van der Waals surface area contributed by atoms with E-state index in [4.69, 9.17) is 9.47 Å². The van der Waals surface area contributed by atoms with E-state index in [1.54, 1.807) is 19.2 Å². The van der Waals surface area contributed by atoms with E-state index >= 15 is 0 Å². The van der Waals surface area contributed by atoms with E-state index in [2.05, 4.69) is 5.32 Å². The standard InChI is InChI=1S/C15H15FN2O4/c1-21-14-4-2-3-5-15(14)22-9-8-17-12-7-6-11(16)10-13(12)18(19)20/h2-7,10,17H,8-9H2,1H3. The molecule has 0 aliphatic carbocycles. The van der Waals surface area contributed by atoms with Gasteiger partial charge in [0.05, 0.1) is 18.1 Å². The lowest BCUT2D eigenvalue weighted by molar-refractivity contribution is -0.384. The van der Waals surface area contributed by atoms with Crippen LogP contribution in [0.3, 0.4) is 0 Å². The molecule has 2 rings (SSSR count). The molecule has 0 saturated heterocycles. The van der Waals surface area contributed by atoms with Crippen LogP contribution < -0.4 is 14.8 Å². The summed E-state index contributed by atoms with van der Waals surface area (Å²) in [6, 6.07) is 10.5. The number of methoxy groups -OCH3 is 1. The maximum atomic E-state index is 13.0. The predicted octanol–water partition coefficient (Wildman–Crippen LogP) is 3.23. The van der Waals surface area contributed by atoms with E-state index in [1.807, 2.05) is 12.1 Å². The van der Waals surface area contributed by atoms with Crippen molar-refractivity contribution in [3.8, 4) is 11.5 Å². The van der Waals surface area contributed by atoms with Crippen LogP contribution in [0.25, 0.3) is 0 Å². The van der Waals surface area contributed by atoms with Gasteiger partial charge in [0, 0.05) is 6.54 Å². The molecular formula is C15H15FN2O4. The minimum absolute atomic E-state index is 0.245. The number of ether oxygens (including phenoxy) is 2. The van der Waals surface area contributed by atoms with E-state index in [-0.39, 0.29) is 18.0 Å². The number of para-hydroxylation sites is 2. The number of benzene rings is 2. The lowest BCUT2D eigenvalue weighted by Gasteiger charge is -2.11. The van der Waals surface area contributed by atoms with Crippen molar-refractivity contribution in [3.63, 3.8) is 0 Å². The third kappa shape index (κ3) is 3.85. The number of nitro groups is 1. The van der Waals surface area contributed by atoms with Gasteiger partial charge in [0.2, 0.25) is 0 Å². The molecule has 0 unspecified atom stereocenters. The number of nitrogens with zero attached hydrogens (tertiary/aromatic N) is 1. The summed E-state index contributed by atoms with van der Waals surface area (Å²) in [6.45, 7) is 0.597. The molecule has 1 N–H and O–H groups in total. The van der Waals surface area contributed by atoms with Gasteiger partial charge in [0.1, 0.15) is 18.1 Å². The maximum Gasteiger partial charge on any atom is 0.295 e. The molecular weight excluding hydrogens is 291 g/mol. The van der Waals surface area contributed by atoms with E-state index in [9.17, 15) is 14.5 Å². The van der Waals surface area contributed by atoms with Gasteiger partial charge in [0.15, 0.2) is 11.5 Å². The van der Waals surface area contributed by atoms with Gasteiger partial charge in [0.25, 0.3) is 5.69 Å². The highest BCUT2D eigenvalue weighted by Crippen LogP contribution is 2.26. The van der Waals surface area contributed by atoms with Gasteiger partial charge in [-0.2, -0.15) is 0 Å². The Kier molecular flexibility index (Phi) is 5.13. The van der Waals surface area contributed by atoms with Crippen LogP contribution in [0.5, 0.6) is 11.5 Å². The summed E-state index contributed by atoms with van der Waals surface area (Å²) >= 11 is 0. The summed E-state index contributed by atoms with van der Waals surface area (Å²) in [6.07, 6.45) is 0. The summed E-state index contributed by atoms with van der Waals surface area (Å²) in [5, 5.41) is 13.7. The number of halogens is 1. The highest BCUT2D eigenvalue weighted by atomic mass is 19.1. The lowest BCUT2D eigenvalue weighted by Crippen LogP contribution is -2.13. The number of rotatable bonds is 7. The van der Waals surface area contributed by atoms with Gasteiger partial charge in [-0.05, 0) is 24.3 Å². The number of hydrogen-bond donors (Lipinski definition) is 1. The van der Waals surface area contributed by atoms with Crippen molar-refractivity contribution in [2.75, 3.05) is 25.6 Å². The van der Waals surface area contributed by atoms with Crippen LogP contribution >= 0.6 is 0 Å². The van der Waals surface area contributed by atoms with Crippen molar-refractivity contribution in [3.05, 3.63) is 58.4 Å². The SMILES string of the molecule is COc1ccccc1OCCNc1ccc(F)cc1[N+](=O)[O-]. The smallest absolute Gasteiger partial charge is 0.295 e. The van der Waals surface area contributed by atoms with E-state index in [0.717, 1.165) is 12.1 Å². The van der Waals surface area contributed by atoms with Crippen molar-refractivity contribution in [1.29, 1.82) is 0 Å². The van der Waals surface area contributed by atoms with Crippen LogP contribution in [-0.2, 0) is 0 Å². The van der Waals surface area contributed by atoms with Crippen LogP contribution in [-0.4, -0.2) is 25.2 Å². The molecule has 0 aromatic heterocycles. The van der Waals surface area contributed by atoms with E-state index < -0.39 is 10.7 Å². The van der Waals surface area contributed by atoms with Crippen molar-refractivity contribution in [1.82, 2.24) is 0 Å². The maximum absolute atomic E-state index is 13.0. The van der Waals surface area contributed by atoms with Gasteiger partial charge < -0.3 is 14.8 Å². The molecule has 0 aliphatic rings. The van der Waals surface area contributed by atoms with Gasteiger partial charge in [-0.25, -0.2) is 4.39 Å². The van der Waals surface area contributed by atoms with Crippen molar-refractivity contribution in [2.45, 2.75) is 0 Å². The zero-order valence-electron chi connectivity index (χ0n) is 11.9. The average Bonchev–Trinajstić information content (AvgIpc) is 2.52. The summed E-state index contributed by atoms with van der Waals surface area (Å²) in [5.41, 5.74) is -0.0627. The van der Waals surface area contributed by atoms with Crippen molar-refractivity contribution >= 4 is 11.4 Å². The Labute approximate surface area is 126 Å². The minimum atomic E-state index is -0.650. The molecule has 2 aromatic carbocycles. The summed E-state index contributed by atoms with van der Waals surface area (Å²) in [5.74, 6) is 0.540. The Bertz CT molecular complexity index is 664. The molecule has 0 amide bonds. The van der Waals surface area contributed by atoms with Gasteiger partial charge in [-0.1, -0.05) is 12.1 Å². The minimum Gasteiger partial charge on any atom is -0.493 e. The second-order valence-electron chi connectivity index (χ2n) is 4.34. The molecule has 0 spiro atoms. The molecule has 6 nitrogen and oxygen atoms in total. The third-order valence-electron chi connectivity index (χ3n) is 2.90. The van der Waals surface area contributed by atoms with Crippen LogP contribution in [0, 0.1) is 15.9 Å². The fourth-order valence-electron chi connectivity index (χ4n) is 1.89. The van der Waals surface area contributed by atoms with Crippen LogP contribution in [0.2, 0.25) is 0 Å². The molecule has 0 heterocycles. The van der Waals surface area contributed by atoms with Crippen molar-refractivity contribution < 1.29 is 18.8 Å². The summed E-state index contributed by atoms with van der Waals surface area (Å²) in [4.78, 5) is 10.2. The van der Waals surface area contributed by atoms with Crippen molar-refractivity contribution in [2.24, 2.45) is 0 Å². The fraction of sp³-hybridized carbons (Fsp3) is 0.200. The fourth-order valence-corrected chi connectivity index (χ4v) is 1.89. The molecule has 0 radical (unpaired) electrons. The first-order valence-electron chi connectivity index (χ1n) is 6.55. The Morgan fingerprint density at radius 1 is 1.23 bits per heavy atom. The first-order chi connectivity index (χ1) is 10.6. The van der Waals surface area contributed by atoms with Gasteiger partial charge >= 0.3 is 0 Å². The average molecular weight is 306 g/mol. The molecule has 0 saturated carbocycles. The summed E-state index contributed by atoms with van der Waals surface area (Å²) in [7, 11) is 1.54. The number of anilines is 1. The Balaban J connectivity index is 1.93. The highest BCUT2D eigenvalue weighted by Gasteiger charge is 2.14. The molecule has 2 aromatic rings. The van der Waals surface area contributed by atoms with E-state index in [1.165, 1.54) is 6.07 Å². The van der Waals surface area contributed by atoms with E-state index in [0.29, 0.717) is 18.0 Å². The van der Waals surface area contributed by atoms with Gasteiger partial charge in [-0.3, -0.25) is 10.1 Å². The van der Waals surface area contributed by atoms with Gasteiger partial charge in [-0.15, -0.1) is 0 Å². The normalized spacial score (nSPS) is 10.1. The molecule has 0 atom stereocenters. The molecule has 0 fully saturated rings. The zero-order chi connectivity index (χ0) is 15.9. The second-order valence-corrected chi connectivity index (χ2v) is 4.34. The number of nitrogens with one attached hydrogen (secondary N) is 1. The molecule has 22 heavy (non-hydrogen) atoms. The first-order valence-corrected chi connectivity index (χ1v) is 6.55. The molecule has 7 heteroatoms. The third-order valence-corrected chi connectivity index (χ3v) is 2.90. The first kappa shape index (κ1) is 15.6. The largest absolute Gasteiger partial charge is 0.493 e. The molecule has 0 aliphatic heterocycles. The number of hydrogen-bond acceptors (Lipinski definition) is 5. The topological polar surface area (TPSA) is 73.6 Å². The molecule has 0 bridgehead atoms. The lowest BCUT2D eigenvalue weighted by atomic mass is 10.2. The Morgan fingerprint density at radius 3 is 2.64 bits per heavy atom. The van der Waals surface area contributed by atoms with Crippen LogP contribution in [0.1, 0.15) is 0 Å². The quantitative estimate of drug-likeness (QED) is 0.483. The van der Waals surface area contributed by atoms with Crippen LogP contribution in [0.4, 0.5) is 15.8 Å². The molecule has 116 valence electrons. The monoisotopic (exact) mass is 306 g/mol. The predicted molar refractivity (Wildman–Crippen MR) is 80.0 cm³/mol.